The van der Waals surface area contributed by atoms with Gasteiger partial charge in [-0.2, -0.15) is 0 Å². The van der Waals surface area contributed by atoms with Crippen LogP contribution in [0.2, 0.25) is 0 Å². The average molecular weight is 388 g/mol. The molecule has 1 amide bonds. The number of hydrogen-bond acceptors (Lipinski definition) is 3. The van der Waals surface area contributed by atoms with E-state index in [0.717, 1.165) is 6.42 Å². The zero-order valence-corrected chi connectivity index (χ0v) is 15.6. The number of β-amino-alcohol motifs (C(OH)–C–C–N with tert-alkyl or cyclic N) is 1. The van der Waals surface area contributed by atoms with Crippen LogP contribution in [0.3, 0.4) is 0 Å². The third kappa shape index (κ3) is 3.36. The molecule has 4 rings (SSSR count). The van der Waals surface area contributed by atoms with Crippen LogP contribution in [-0.4, -0.2) is 52.9 Å². The maximum absolute atomic E-state index is 13.8. The van der Waals surface area contributed by atoms with Crippen molar-refractivity contribution in [2.24, 2.45) is 0 Å². The summed E-state index contributed by atoms with van der Waals surface area (Å²) in [5, 5.41) is 11.9. The minimum Gasteiger partial charge on any atom is -0.389 e. The summed E-state index contributed by atoms with van der Waals surface area (Å²) in [7, 11) is 1.51. The van der Waals surface area contributed by atoms with Gasteiger partial charge in [-0.05, 0) is 49.2 Å². The van der Waals surface area contributed by atoms with Crippen LogP contribution in [0, 0.1) is 11.6 Å². The molecule has 28 heavy (non-hydrogen) atoms. The number of amides is 1. The smallest absolute Gasteiger partial charge is 0.251 e. The summed E-state index contributed by atoms with van der Waals surface area (Å²) in [4.78, 5) is 14.0. The van der Waals surface area contributed by atoms with Crippen molar-refractivity contribution in [2.45, 2.75) is 31.6 Å². The summed E-state index contributed by atoms with van der Waals surface area (Å²) in [5.74, 6) is -0.916. The number of halogens is 2. The van der Waals surface area contributed by atoms with Gasteiger partial charge in [0.15, 0.2) is 0 Å². The first-order chi connectivity index (χ1) is 13.5. The molecule has 5 nitrogen and oxygen atoms in total. The second-order valence-electron chi connectivity index (χ2n) is 7.24. The van der Waals surface area contributed by atoms with Crippen LogP contribution in [0.4, 0.5) is 8.78 Å². The minimum atomic E-state index is -0.825. The highest BCUT2D eigenvalue weighted by atomic mass is 19.1. The van der Waals surface area contributed by atoms with E-state index in [1.807, 2.05) is 4.57 Å². The van der Waals surface area contributed by atoms with Crippen molar-refractivity contribution in [1.29, 1.82) is 0 Å². The lowest BCUT2D eigenvalue weighted by molar-refractivity contribution is -0.147. The molecule has 0 radical (unpaired) electrons. The van der Waals surface area contributed by atoms with Crippen molar-refractivity contribution in [2.75, 3.05) is 20.2 Å². The highest BCUT2D eigenvalue weighted by molar-refractivity contribution is 6.08. The zero-order valence-electron chi connectivity index (χ0n) is 15.6. The van der Waals surface area contributed by atoms with Crippen molar-refractivity contribution >= 4 is 27.7 Å². The standard InChI is InChI=1S/C21H22F2N2O3/c1-28-20-3-2-8-24(21(20)27)11-15(26)12-25-18-6-4-13(22)9-16(18)17-10-14(23)5-7-19(17)25/h4-7,9-10,15,20,26H,2-3,8,11-12H2,1H3. The second kappa shape index (κ2) is 7.48. The fourth-order valence-corrected chi connectivity index (χ4v) is 4.07. The molecule has 7 heteroatoms. The summed E-state index contributed by atoms with van der Waals surface area (Å²) in [5.41, 5.74) is 1.42. The SMILES string of the molecule is COC1CCCN(CC(O)Cn2c3ccc(F)cc3c3cc(F)ccc32)C1=O. The van der Waals surface area contributed by atoms with E-state index in [4.69, 9.17) is 4.74 Å². The Kier molecular flexibility index (Phi) is 5.03. The fraction of sp³-hybridized carbons (Fsp3) is 0.381. The number of methoxy groups -OCH3 is 1. The highest BCUT2D eigenvalue weighted by Gasteiger charge is 2.30. The molecule has 1 aromatic heterocycles. The third-order valence-electron chi connectivity index (χ3n) is 5.38. The van der Waals surface area contributed by atoms with Crippen LogP contribution in [0.15, 0.2) is 36.4 Å². The number of aromatic nitrogens is 1. The van der Waals surface area contributed by atoms with E-state index in [2.05, 4.69) is 0 Å². The Morgan fingerprint density at radius 2 is 1.71 bits per heavy atom. The largest absolute Gasteiger partial charge is 0.389 e. The molecular weight excluding hydrogens is 366 g/mol. The lowest BCUT2D eigenvalue weighted by Gasteiger charge is -2.33. The van der Waals surface area contributed by atoms with Crippen molar-refractivity contribution in [3.63, 3.8) is 0 Å². The Labute approximate surface area is 161 Å². The molecule has 0 spiro atoms. The molecule has 1 N–H and O–H groups in total. The van der Waals surface area contributed by atoms with Crippen molar-refractivity contribution in [1.82, 2.24) is 9.47 Å². The van der Waals surface area contributed by atoms with Crippen molar-refractivity contribution in [3.05, 3.63) is 48.0 Å². The highest BCUT2D eigenvalue weighted by Crippen LogP contribution is 2.30. The summed E-state index contributed by atoms with van der Waals surface area (Å²) in [6.07, 6.45) is 0.227. The summed E-state index contributed by atoms with van der Waals surface area (Å²) >= 11 is 0. The van der Waals surface area contributed by atoms with E-state index in [9.17, 15) is 18.7 Å². The van der Waals surface area contributed by atoms with Crippen LogP contribution in [0.1, 0.15) is 12.8 Å². The predicted molar refractivity (Wildman–Crippen MR) is 102 cm³/mol. The summed E-state index contributed by atoms with van der Waals surface area (Å²) < 4.78 is 34.6. The molecule has 0 bridgehead atoms. The van der Waals surface area contributed by atoms with Gasteiger partial charge >= 0.3 is 0 Å². The predicted octanol–water partition coefficient (Wildman–Crippen LogP) is 3.07. The molecule has 2 aromatic carbocycles. The molecule has 3 aromatic rings. The Bertz CT molecular complexity index is 974. The monoisotopic (exact) mass is 388 g/mol. The first kappa shape index (κ1) is 18.8. The van der Waals surface area contributed by atoms with E-state index >= 15 is 0 Å². The van der Waals surface area contributed by atoms with Gasteiger partial charge in [-0.15, -0.1) is 0 Å². The first-order valence-corrected chi connectivity index (χ1v) is 9.34. The van der Waals surface area contributed by atoms with Gasteiger partial charge in [-0.25, -0.2) is 8.78 Å². The quantitative estimate of drug-likeness (QED) is 0.731. The molecule has 2 heterocycles. The number of aliphatic hydroxyl groups excluding tert-OH is 1. The van der Waals surface area contributed by atoms with Gasteiger partial charge in [0.1, 0.15) is 17.7 Å². The van der Waals surface area contributed by atoms with Gasteiger partial charge in [0.2, 0.25) is 0 Å². The number of likely N-dealkylation sites (tertiary alicyclic amines) is 1. The Morgan fingerprint density at radius 1 is 1.11 bits per heavy atom. The molecule has 2 unspecified atom stereocenters. The van der Waals surface area contributed by atoms with Gasteiger partial charge in [0.05, 0.1) is 12.6 Å². The fourth-order valence-electron chi connectivity index (χ4n) is 4.07. The maximum atomic E-state index is 13.8. The van der Waals surface area contributed by atoms with Gasteiger partial charge in [0, 0.05) is 42.0 Å². The number of piperidine rings is 1. The molecule has 1 fully saturated rings. The van der Waals surface area contributed by atoms with E-state index in [1.165, 1.54) is 31.4 Å². The van der Waals surface area contributed by atoms with Crippen molar-refractivity contribution < 1.29 is 23.4 Å². The Balaban J connectivity index is 1.64. The normalized spacial score (nSPS) is 18.9. The molecule has 2 atom stereocenters. The van der Waals surface area contributed by atoms with Crippen LogP contribution < -0.4 is 0 Å². The lowest BCUT2D eigenvalue weighted by atomic mass is 10.1. The van der Waals surface area contributed by atoms with Crippen molar-refractivity contribution in [3.8, 4) is 0 Å². The maximum Gasteiger partial charge on any atom is 0.251 e. The van der Waals surface area contributed by atoms with E-state index < -0.39 is 23.8 Å². The van der Waals surface area contributed by atoms with Gasteiger partial charge in [-0.3, -0.25) is 4.79 Å². The molecule has 0 aliphatic carbocycles. The topological polar surface area (TPSA) is 54.7 Å². The Morgan fingerprint density at radius 3 is 2.29 bits per heavy atom. The number of aliphatic hydroxyl groups is 1. The number of hydrogen-bond donors (Lipinski definition) is 1. The van der Waals surface area contributed by atoms with Crippen LogP contribution >= 0.6 is 0 Å². The summed E-state index contributed by atoms with van der Waals surface area (Å²) in [6, 6.07) is 8.69. The Hall–Kier alpha value is -2.51. The number of ether oxygens (including phenoxy) is 1. The number of fused-ring (bicyclic) bond motifs is 3. The third-order valence-corrected chi connectivity index (χ3v) is 5.38. The van der Waals surface area contributed by atoms with Crippen LogP contribution in [0.25, 0.3) is 21.8 Å². The molecule has 1 aliphatic heterocycles. The second-order valence-corrected chi connectivity index (χ2v) is 7.24. The van der Waals surface area contributed by atoms with E-state index in [1.54, 1.807) is 17.0 Å². The molecule has 0 saturated carbocycles. The number of benzene rings is 2. The molecule has 1 saturated heterocycles. The number of rotatable bonds is 5. The molecular formula is C21H22F2N2O3. The van der Waals surface area contributed by atoms with E-state index in [-0.39, 0.29) is 19.0 Å². The first-order valence-electron chi connectivity index (χ1n) is 9.34. The minimum absolute atomic E-state index is 0.112. The number of carbonyl (C=O) groups excluding carboxylic acids is 1. The molecule has 148 valence electrons. The van der Waals surface area contributed by atoms with Crippen LogP contribution in [-0.2, 0) is 16.1 Å². The zero-order chi connectivity index (χ0) is 19.8. The lowest BCUT2D eigenvalue weighted by Crippen LogP contribution is -2.48. The number of nitrogens with zero attached hydrogens (tertiary/aromatic N) is 2. The van der Waals surface area contributed by atoms with Gasteiger partial charge < -0.3 is 19.3 Å². The number of carbonyl (C=O) groups is 1. The van der Waals surface area contributed by atoms with Crippen LogP contribution in [0.5, 0.6) is 0 Å². The average Bonchev–Trinajstić information content (AvgIpc) is 2.96. The molecule has 1 aliphatic rings. The summed E-state index contributed by atoms with van der Waals surface area (Å²) in [6.45, 7) is 0.973. The van der Waals surface area contributed by atoms with E-state index in [0.29, 0.717) is 34.8 Å². The van der Waals surface area contributed by atoms with Gasteiger partial charge in [0.25, 0.3) is 5.91 Å². The van der Waals surface area contributed by atoms with Gasteiger partial charge in [-0.1, -0.05) is 0 Å².